The Bertz CT molecular complexity index is 202. The van der Waals surface area contributed by atoms with Gasteiger partial charge in [-0.15, -0.1) is 0 Å². The van der Waals surface area contributed by atoms with Gasteiger partial charge in [-0.1, -0.05) is 19.3 Å². The van der Waals surface area contributed by atoms with Crippen LogP contribution in [0.25, 0.3) is 0 Å². The van der Waals surface area contributed by atoms with E-state index < -0.39 is 5.60 Å². The first kappa shape index (κ1) is 11.4. The molecule has 2 N–H and O–H groups in total. The van der Waals surface area contributed by atoms with Crippen LogP contribution in [0, 0.1) is 0 Å². The maximum atomic E-state index is 10.3. The molecule has 0 bridgehead atoms. The van der Waals surface area contributed by atoms with Crippen molar-refractivity contribution in [3.05, 3.63) is 0 Å². The van der Waals surface area contributed by atoms with E-state index in [0.29, 0.717) is 6.04 Å². The lowest BCUT2D eigenvalue weighted by Crippen LogP contribution is -2.49. The van der Waals surface area contributed by atoms with Crippen molar-refractivity contribution < 1.29 is 10.2 Å². The summed E-state index contributed by atoms with van der Waals surface area (Å²) in [7, 11) is 0. The number of piperidine rings is 1. The van der Waals surface area contributed by atoms with Gasteiger partial charge in [0.2, 0.25) is 0 Å². The van der Waals surface area contributed by atoms with Crippen molar-refractivity contribution in [2.45, 2.75) is 56.6 Å². The van der Waals surface area contributed by atoms with Gasteiger partial charge in [0, 0.05) is 12.6 Å². The van der Waals surface area contributed by atoms with E-state index in [1.165, 1.54) is 12.8 Å². The van der Waals surface area contributed by atoms with Crippen molar-refractivity contribution in [1.29, 1.82) is 0 Å². The lowest BCUT2D eigenvalue weighted by Gasteiger charge is -2.39. The van der Waals surface area contributed by atoms with Gasteiger partial charge in [0.25, 0.3) is 0 Å². The fourth-order valence-electron chi connectivity index (χ4n) is 3.04. The second kappa shape index (κ2) is 4.81. The van der Waals surface area contributed by atoms with Crippen LogP contribution in [0.3, 0.4) is 0 Å². The minimum absolute atomic E-state index is 0.246. The Kier molecular flexibility index (Phi) is 3.65. The Labute approximate surface area is 92.1 Å². The van der Waals surface area contributed by atoms with Gasteiger partial charge in [0.15, 0.2) is 0 Å². The van der Waals surface area contributed by atoms with Crippen LogP contribution in [0.4, 0.5) is 0 Å². The zero-order valence-corrected chi connectivity index (χ0v) is 9.49. The predicted octanol–water partition coefficient (Wildman–Crippen LogP) is 1.14. The van der Waals surface area contributed by atoms with Crippen molar-refractivity contribution >= 4 is 0 Å². The molecular formula is C12H23NO2. The largest absolute Gasteiger partial charge is 0.395 e. The van der Waals surface area contributed by atoms with Crippen LogP contribution < -0.4 is 0 Å². The Morgan fingerprint density at radius 1 is 1.13 bits per heavy atom. The number of aliphatic hydroxyl groups is 2. The first-order valence-corrected chi connectivity index (χ1v) is 6.31. The second-order valence-electron chi connectivity index (χ2n) is 5.23. The standard InChI is InChI=1S/C12H23NO2/c14-9-11-5-1-4-8-13(11)10-12(15)6-2-3-7-12/h11,14-15H,1-10H2. The number of hydrogen-bond donors (Lipinski definition) is 2. The molecule has 88 valence electrons. The SMILES string of the molecule is OCC1CCCCN1CC1(O)CCCC1. The topological polar surface area (TPSA) is 43.7 Å². The van der Waals surface area contributed by atoms with Crippen LogP contribution in [0.1, 0.15) is 44.9 Å². The maximum absolute atomic E-state index is 10.3. The van der Waals surface area contributed by atoms with E-state index in [9.17, 15) is 10.2 Å². The summed E-state index contributed by atoms with van der Waals surface area (Å²) in [4.78, 5) is 2.30. The third-order valence-corrected chi connectivity index (χ3v) is 3.99. The van der Waals surface area contributed by atoms with Gasteiger partial charge in [0.05, 0.1) is 12.2 Å². The summed E-state index contributed by atoms with van der Waals surface area (Å²) in [6, 6.07) is 0.295. The fraction of sp³-hybridized carbons (Fsp3) is 1.00. The molecule has 1 unspecified atom stereocenters. The number of likely N-dealkylation sites (tertiary alicyclic amines) is 1. The first-order chi connectivity index (χ1) is 7.23. The zero-order chi connectivity index (χ0) is 10.7. The fourth-order valence-corrected chi connectivity index (χ4v) is 3.04. The number of nitrogens with zero attached hydrogens (tertiary/aromatic N) is 1. The molecule has 0 amide bonds. The van der Waals surface area contributed by atoms with E-state index in [4.69, 9.17) is 0 Å². The molecule has 0 radical (unpaired) electrons. The molecule has 15 heavy (non-hydrogen) atoms. The quantitative estimate of drug-likeness (QED) is 0.739. The summed E-state index contributed by atoms with van der Waals surface area (Å²) in [6.07, 6.45) is 7.74. The number of hydrogen-bond acceptors (Lipinski definition) is 3. The van der Waals surface area contributed by atoms with Crippen LogP contribution >= 0.6 is 0 Å². The van der Waals surface area contributed by atoms with Gasteiger partial charge in [-0.05, 0) is 32.2 Å². The maximum Gasteiger partial charge on any atom is 0.0774 e. The van der Waals surface area contributed by atoms with Crippen molar-refractivity contribution in [2.75, 3.05) is 19.7 Å². The van der Waals surface area contributed by atoms with Gasteiger partial charge < -0.3 is 10.2 Å². The summed E-state index contributed by atoms with van der Waals surface area (Å²) in [6.45, 7) is 2.07. The third-order valence-electron chi connectivity index (χ3n) is 3.99. The number of rotatable bonds is 3. The molecular weight excluding hydrogens is 190 g/mol. The van der Waals surface area contributed by atoms with Gasteiger partial charge >= 0.3 is 0 Å². The molecule has 3 heteroatoms. The zero-order valence-electron chi connectivity index (χ0n) is 9.49. The molecule has 2 fully saturated rings. The molecule has 1 atom stereocenters. The lowest BCUT2D eigenvalue weighted by atomic mass is 9.96. The first-order valence-electron chi connectivity index (χ1n) is 6.31. The van der Waals surface area contributed by atoms with Gasteiger partial charge in [-0.2, -0.15) is 0 Å². The van der Waals surface area contributed by atoms with Crippen LogP contribution in [-0.4, -0.2) is 46.5 Å². The lowest BCUT2D eigenvalue weighted by molar-refractivity contribution is -0.0215. The van der Waals surface area contributed by atoms with E-state index in [1.807, 2.05) is 0 Å². The summed E-state index contributed by atoms with van der Waals surface area (Å²) in [5.41, 5.74) is -0.454. The van der Waals surface area contributed by atoms with Crippen molar-refractivity contribution in [2.24, 2.45) is 0 Å². The molecule has 1 saturated heterocycles. The minimum Gasteiger partial charge on any atom is -0.395 e. The third kappa shape index (κ3) is 2.71. The highest BCUT2D eigenvalue weighted by Crippen LogP contribution is 2.31. The Morgan fingerprint density at radius 2 is 1.87 bits per heavy atom. The molecule has 0 spiro atoms. The van der Waals surface area contributed by atoms with Crippen LogP contribution in [0.5, 0.6) is 0 Å². The van der Waals surface area contributed by atoms with Crippen molar-refractivity contribution in [3.8, 4) is 0 Å². The molecule has 3 nitrogen and oxygen atoms in total. The second-order valence-corrected chi connectivity index (χ2v) is 5.23. The van der Waals surface area contributed by atoms with E-state index in [-0.39, 0.29) is 6.61 Å². The summed E-state index contributed by atoms with van der Waals surface area (Å²) in [5, 5.41) is 19.6. The van der Waals surface area contributed by atoms with Gasteiger partial charge in [-0.3, -0.25) is 4.90 Å². The molecule has 2 rings (SSSR count). The minimum atomic E-state index is -0.454. The highest BCUT2D eigenvalue weighted by molar-refractivity contribution is 4.90. The van der Waals surface area contributed by atoms with E-state index >= 15 is 0 Å². The highest BCUT2D eigenvalue weighted by Gasteiger charge is 2.35. The molecule has 1 heterocycles. The van der Waals surface area contributed by atoms with Gasteiger partial charge in [-0.25, -0.2) is 0 Å². The number of aliphatic hydroxyl groups excluding tert-OH is 1. The predicted molar refractivity (Wildman–Crippen MR) is 59.7 cm³/mol. The summed E-state index contributed by atoms with van der Waals surface area (Å²) >= 11 is 0. The van der Waals surface area contributed by atoms with Gasteiger partial charge in [0.1, 0.15) is 0 Å². The van der Waals surface area contributed by atoms with Crippen molar-refractivity contribution in [3.63, 3.8) is 0 Å². The van der Waals surface area contributed by atoms with Crippen molar-refractivity contribution in [1.82, 2.24) is 4.90 Å². The summed E-state index contributed by atoms with van der Waals surface area (Å²) in [5.74, 6) is 0. The monoisotopic (exact) mass is 213 g/mol. The molecule has 1 saturated carbocycles. The Hall–Kier alpha value is -0.120. The molecule has 1 aliphatic carbocycles. The smallest absolute Gasteiger partial charge is 0.0774 e. The Morgan fingerprint density at radius 3 is 2.53 bits per heavy atom. The average molecular weight is 213 g/mol. The highest BCUT2D eigenvalue weighted by atomic mass is 16.3. The van der Waals surface area contributed by atoms with E-state index in [1.54, 1.807) is 0 Å². The van der Waals surface area contributed by atoms with E-state index in [2.05, 4.69) is 4.90 Å². The molecule has 2 aliphatic rings. The normalized spacial score (nSPS) is 32.0. The van der Waals surface area contributed by atoms with Crippen LogP contribution in [0.15, 0.2) is 0 Å². The summed E-state index contributed by atoms with van der Waals surface area (Å²) < 4.78 is 0. The molecule has 0 aromatic carbocycles. The average Bonchev–Trinajstić information content (AvgIpc) is 2.66. The van der Waals surface area contributed by atoms with Crippen LogP contribution in [-0.2, 0) is 0 Å². The van der Waals surface area contributed by atoms with Crippen LogP contribution in [0.2, 0.25) is 0 Å². The molecule has 0 aromatic heterocycles. The van der Waals surface area contributed by atoms with E-state index in [0.717, 1.165) is 45.2 Å². The number of β-amino-alcohol motifs (C(OH)–C–C–N with tert-alkyl or cyclic N) is 1. The molecule has 1 aliphatic heterocycles. The molecule has 0 aromatic rings. The Balaban J connectivity index is 1.90.